The lowest BCUT2D eigenvalue weighted by molar-refractivity contribution is -0.134. The van der Waals surface area contributed by atoms with Crippen molar-refractivity contribution >= 4 is 16.9 Å². The van der Waals surface area contributed by atoms with Crippen LogP contribution in [0.1, 0.15) is 43.1 Å². The minimum absolute atomic E-state index is 0.476. The van der Waals surface area contributed by atoms with Gasteiger partial charge in [-0.15, -0.1) is 0 Å². The van der Waals surface area contributed by atoms with Gasteiger partial charge in [0, 0.05) is 18.0 Å². The average molecular weight is 335 g/mol. The Hall–Kier alpha value is -2.55. The van der Waals surface area contributed by atoms with E-state index in [1.54, 1.807) is 0 Å². The van der Waals surface area contributed by atoms with Crippen LogP contribution in [0.3, 0.4) is 0 Å². The molecule has 1 N–H and O–H groups in total. The van der Waals surface area contributed by atoms with Crippen LogP contribution in [-0.4, -0.2) is 15.6 Å². The van der Waals surface area contributed by atoms with Crippen LogP contribution in [0.5, 0.6) is 0 Å². The largest absolute Gasteiger partial charge is 0.481 e. The summed E-state index contributed by atoms with van der Waals surface area (Å²) < 4.78 is 2.58. The zero-order chi connectivity index (χ0) is 18.0. The summed E-state index contributed by atoms with van der Waals surface area (Å²) in [5.74, 6) is -0.156. The lowest BCUT2D eigenvalue weighted by atomic mass is 9.82. The Kier molecular flexibility index (Phi) is 4.93. The zero-order valence-electron chi connectivity index (χ0n) is 15.1. The molecular weight excluding hydrogens is 310 g/mol. The van der Waals surface area contributed by atoms with Crippen molar-refractivity contribution in [3.63, 3.8) is 0 Å². The molecule has 2 aromatic carbocycles. The summed E-state index contributed by atoms with van der Waals surface area (Å²) in [5, 5.41) is 8.81. The molecule has 2 heterocycles. The number of hydrogen-bond donors (Lipinski definition) is 1. The summed E-state index contributed by atoms with van der Waals surface area (Å²) in [6, 6.07) is 20.6. The maximum absolute atomic E-state index is 9.00. The number of hydrogen-bond acceptors (Lipinski definition) is 1. The zero-order valence-corrected chi connectivity index (χ0v) is 15.1. The molecule has 0 aliphatic carbocycles. The highest BCUT2D eigenvalue weighted by Crippen LogP contribution is 2.41. The van der Waals surface area contributed by atoms with Crippen LogP contribution in [0, 0.1) is 12.8 Å². The molecule has 1 aliphatic rings. The Morgan fingerprint density at radius 1 is 1.16 bits per heavy atom. The van der Waals surface area contributed by atoms with Crippen molar-refractivity contribution in [1.29, 1.82) is 0 Å². The van der Waals surface area contributed by atoms with Gasteiger partial charge >= 0.3 is 0 Å². The van der Waals surface area contributed by atoms with Gasteiger partial charge in [-0.25, -0.2) is 0 Å². The fourth-order valence-electron chi connectivity index (χ4n) is 4.06. The third kappa shape index (κ3) is 3.32. The molecule has 130 valence electrons. The Bertz CT molecular complexity index is 876. The van der Waals surface area contributed by atoms with E-state index < -0.39 is 5.97 Å². The standard InChI is InChI=1S/C20H21N.C2H4O2/c1-3-15-13-18-11-7-10-17-12-14(2)21(20(17)18)19(15)16-8-5-4-6-9-16;1-2(3)4/h4-12,15,19H,3,13H2,1-2H3;1H3,(H,3,4). The number of rotatable bonds is 2. The first-order valence-corrected chi connectivity index (χ1v) is 8.86. The molecule has 0 bridgehead atoms. The molecule has 0 radical (unpaired) electrons. The van der Waals surface area contributed by atoms with Gasteiger partial charge in [0.2, 0.25) is 0 Å². The molecule has 1 aliphatic heterocycles. The second-order valence-electron chi connectivity index (χ2n) is 6.76. The van der Waals surface area contributed by atoms with E-state index in [2.05, 4.69) is 73.0 Å². The number of aliphatic carboxylic acids is 1. The fourth-order valence-corrected chi connectivity index (χ4v) is 4.06. The first-order valence-electron chi connectivity index (χ1n) is 8.86. The second-order valence-corrected chi connectivity index (χ2v) is 6.76. The van der Waals surface area contributed by atoms with Gasteiger partial charge in [0.05, 0.1) is 11.6 Å². The summed E-state index contributed by atoms with van der Waals surface area (Å²) in [6.45, 7) is 5.66. The van der Waals surface area contributed by atoms with E-state index in [4.69, 9.17) is 9.90 Å². The van der Waals surface area contributed by atoms with Gasteiger partial charge in [0.15, 0.2) is 0 Å². The molecular formula is C22H25NO2. The molecule has 3 aromatic rings. The Morgan fingerprint density at radius 2 is 1.84 bits per heavy atom. The van der Waals surface area contributed by atoms with E-state index in [-0.39, 0.29) is 0 Å². The summed E-state index contributed by atoms with van der Waals surface area (Å²) >= 11 is 0. The van der Waals surface area contributed by atoms with Crippen molar-refractivity contribution < 1.29 is 9.90 Å². The van der Waals surface area contributed by atoms with Crippen LogP contribution >= 0.6 is 0 Å². The number of carboxylic acid groups (broad SMARTS) is 1. The second kappa shape index (κ2) is 7.14. The quantitative estimate of drug-likeness (QED) is 0.698. The maximum Gasteiger partial charge on any atom is 0.300 e. The van der Waals surface area contributed by atoms with Gasteiger partial charge in [-0.05, 0) is 36.5 Å². The molecule has 0 fully saturated rings. The number of carbonyl (C=O) groups is 1. The highest BCUT2D eigenvalue weighted by Gasteiger charge is 2.31. The topological polar surface area (TPSA) is 42.2 Å². The van der Waals surface area contributed by atoms with Gasteiger partial charge in [0.25, 0.3) is 5.97 Å². The van der Waals surface area contributed by atoms with Crippen molar-refractivity contribution in [1.82, 2.24) is 4.57 Å². The predicted octanol–water partition coefficient (Wildman–Crippen LogP) is 5.21. The normalized spacial score (nSPS) is 18.5. The molecule has 0 amide bonds. The van der Waals surface area contributed by atoms with Crippen LogP contribution in [0.15, 0.2) is 54.6 Å². The van der Waals surface area contributed by atoms with Gasteiger partial charge < -0.3 is 9.67 Å². The van der Waals surface area contributed by atoms with Crippen molar-refractivity contribution in [3.8, 4) is 0 Å². The molecule has 0 spiro atoms. The SMILES string of the molecule is CC(=O)O.CCC1Cc2cccc3cc(C)n(c23)C1c1ccccc1. The van der Waals surface area contributed by atoms with E-state index in [1.807, 2.05) is 0 Å². The number of carboxylic acids is 1. The Morgan fingerprint density at radius 3 is 2.48 bits per heavy atom. The van der Waals surface area contributed by atoms with Crippen LogP contribution < -0.4 is 0 Å². The minimum Gasteiger partial charge on any atom is -0.481 e. The molecule has 0 saturated heterocycles. The van der Waals surface area contributed by atoms with Crippen LogP contribution in [0.4, 0.5) is 0 Å². The number of aryl methyl sites for hydroxylation is 1. The van der Waals surface area contributed by atoms with E-state index in [9.17, 15) is 0 Å². The number of nitrogens with zero attached hydrogens (tertiary/aromatic N) is 1. The molecule has 2 unspecified atom stereocenters. The van der Waals surface area contributed by atoms with Crippen molar-refractivity contribution in [2.45, 2.75) is 39.7 Å². The summed E-state index contributed by atoms with van der Waals surface area (Å²) in [6.07, 6.45) is 2.41. The highest BCUT2D eigenvalue weighted by atomic mass is 16.4. The van der Waals surface area contributed by atoms with Gasteiger partial charge in [-0.1, -0.05) is 61.9 Å². The monoisotopic (exact) mass is 335 g/mol. The molecule has 25 heavy (non-hydrogen) atoms. The van der Waals surface area contributed by atoms with E-state index in [0.29, 0.717) is 12.0 Å². The van der Waals surface area contributed by atoms with Crippen molar-refractivity contribution in [3.05, 3.63) is 71.4 Å². The van der Waals surface area contributed by atoms with E-state index >= 15 is 0 Å². The van der Waals surface area contributed by atoms with Gasteiger partial charge in [-0.3, -0.25) is 4.79 Å². The highest BCUT2D eigenvalue weighted by molar-refractivity contribution is 5.85. The molecule has 3 heteroatoms. The fraction of sp³-hybridized carbons (Fsp3) is 0.318. The average Bonchev–Trinajstić information content (AvgIpc) is 2.93. The molecule has 4 rings (SSSR count). The molecule has 1 aromatic heterocycles. The molecule has 3 nitrogen and oxygen atoms in total. The third-order valence-electron chi connectivity index (χ3n) is 5.01. The van der Waals surface area contributed by atoms with E-state index in [0.717, 1.165) is 6.92 Å². The first-order chi connectivity index (χ1) is 12.0. The van der Waals surface area contributed by atoms with Crippen LogP contribution in [-0.2, 0) is 11.2 Å². The predicted molar refractivity (Wildman–Crippen MR) is 102 cm³/mol. The number of aromatic nitrogens is 1. The number of benzene rings is 2. The van der Waals surface area contributed by atoms with Gasteiger partial charge in [-0.2, -0.15) is 0 Å². The summed E-state index contributed by atoms with van der Waals surface area (Å²) in [7, 11) is 0. The number of para-hydroxylation sites is 1. The van der Waals surface area contributed by atoms with Crippen molar-refractivity contribution in [2.75, 3.05) is 0 Å². The molecule has 2 atom stereocenters. The van der Waals surface area contributed by atoms with Crippen molar-refractivity contribution in [2.24, 2.45) is 5.92 Å². The Balaban J connectivity index is 0.000000415. The maximum atomic E-state index is 9.00. The minimum atomic E-state index is -0.833. The lowest BCUT2D eigenvalue weighted by Crippen LogP contribution is -2.27. The van der Waals surface area contributed by atoms with Crippen LogP contribution in [0.2, 0.25) is 0 Å². The van der Waals surface area contributed by atoms with Gasteiger partial charge in [0.1, 0.15) is 0 Å². The lowest BCUT2D eigenvalue weighted by Gasteiger charge is -2.35. The summed E-state index contributed by atoms with van der Waals surface area (Å²) in [4.78, 5) is 9.00. The first kappa shape index (κ1) is 17.3. The smallest absolute Gasteiger partial charge is 0.300 e. The summed E-state index contributed by atoms with van der Waals surface area (Å²) in [5.41, 5.74) is 5.79. The molecule has 0 saturated carbocycles. The third-order valence-corrected chi connectivity index (χ3v) is 5.01. The Labute approximate surface area is 148 Å². The van der Waals surface area contributed by atoms with Crippen LogP contribution in [0.25, 0.3) is 10.9 Å². The van der Waals surface area contributed by atoms with E-state index in [1.165, 1.54) is 40.6 Å².